The van der Waals surface area contributed by atoms with E-state index in [2.05, 4.69) is 15.4 Å². The van der Waals surface area contributed by atoms with E-state index in [1.807, 2.05) is 67.7 Å². The minimum Gasteiger partial charge on any atom is -0.497 e. The highest BCUT2D eigenvalue weighted by Crippen LogP contribution is 2.24. The second-order valence-corrected chi connectivity index (χ2v) is 6.91. The number of pyridine rings is 1. The van der Waals surface area contributed by atoms with Gasteiger partial charge in [0.05, 0.1) is 12.8 Å². The number of nitrogens with zero attached hydrogens (tertiary/aromatic N) is 3. The first-order valence-electron chi connectivity index (χ1n) is 9.59. The molecule has 6 nitrogen and oxygen atoms in total. The van der Waals surface area contributed by atoms with E-state index in [-0.39, 0.29) is 5.91 Å². The summed E-state index contributed by atoms with van der Waals surface area (Å²) in [7, 11) is 3.54. The number of aromatic nitrogens is 3. The van der Waals surface area contributed by atoms with Gasteiger partial charge in [-0.15, -0.1) is 0 Å². The van der Waals surface area contributed by atoms with Crippen molar-refractivity contribution in [2.45, 2.75) is 6.54 Å². The quantitative estimate of drug-likeness (QED) is 0.531. The first-order valence-corrected chi connectivity index (χ1v) is 9.59. The molecule has 2 aromatic heterocycles. The number of benzene rings is 2. The monoisotopic (exact) mass is 398 g/mol. The van der Waals surface area contributed by atoms with Crippen molar-refractivity contribution in [3.05, 3.63) is 90.4 Å². The van der Waals surface area contributed by atoms with E-state index in [0.717, 1.165) is 33.7 Å². The first kappa shape index (κ1) is 19.4. The largest absolute Gasteiger partial charge is 0.497 e. The maximum atomic E-state index is 12.6. The summed E-state index contributed by atoms with van der Waals surface area (Å²) >= 11 is 0. The Kier molecular flexibility index (Phi) is 5.57. The Morgan fingerprint density at radius 1 is 1.00 bits per heavy atom. The lowest BCUT2D eigenvalue weighted by molar-refractivity contribution is 0.0951. The van der Waals surface area contributed by atoms with Crippen molar-refractivity contribution < 1.29 is 9.53 Å². The molecule has 6 heteroatoms. The molecular weight excluding hydrogens is 376 g/mol. The van der Waals surface area contributed by atoms with Gasteiger partial charge < -0.3 is 10.1 Å². The average molecular weight is 398 g/mol. The van der Waals surface area contributed by atoms with E-state index in [0.29, 0.717) is 12.1 Å². The van der Waals surface area contributed by atoms with E-state index < -0.39 is 0 Å². The molecular formula is C24H22N4O2. The molecule has 1 N–H and O–H groups in total. The Morgan fingerprint density at radius 3 is 2.57 bits per heavy atom. The number of rotatable bonds is 6. The Bertz CT molecular complexity index is 1170. The molecule has 30 heavy (non-hydrogen) atoms. The predicted octanol–water partition coefficient (Wildman–Crippen LogP) is 4.09. The molecule has 0 radical (unpaired) electrons. The van der Waals surface area contributed by atoms with Gasteiger partial charge in [-0.25, -0.2) is 0 Å². The Morgan fingerprint density at radius 2 is 1.83 bits per heavy atom. The molecule has 0 aliphatic heterocycles. The van der Waals surface area contributed by atoms with Crippen LogP contribution in [0, 0.1) is 0 Å². The van der Waals surface area contributed by atoms with Crippen LogP contribution in [0.2, 0.25) is 0 Å². The van der Waals surface area contributed by atoms with Gasteiger partial charge in [0.15, 0.2) is 0 Å². The lowest BCUT2D eigenvalue weighted by Gasteiger charge is -2.09. The molecule has 0 saturated carbocycles. The summed E-state index contributed by atoms with van der Waals surface area (Å²) in [4.78, 5) is 16.9. The minimum atomic E-state index is -0.127. The van der Waals surface area contributed by atoms with Crippen molar-refractivity contribution in [3.63, 3.8) is 0 Å². The molecule has 2 aromatic carbocycles. The van der Waals surface area contributed by atoms with E-state index in [1.165, 1.54) is 0 Å². The molecule has 0 bridgehead atoms. The van der Waals surface area contributed by atoms with Crippen molar-refractivity contribution in [2.24, 2.45) is 7.05 Å². The van der Waals surface area contributed by atoms with Gasteiger partial charge in [0.1, 0.15) is 5.75 Å². The van der Waals surface area contributed by atoms with Crippen LogP contribution in [0.3, 0.4) is 0 Å². The Hall–Kier alpha value is -3.93. The van der Waals surface area contributed by atoms with Crippen LogP contribution in [0.25, 0.3) is 22.4 Å². The normalized spacial score (nSPS) is 10.6. The van der Waals surface area contributed by atoms with Crippen molar-refractivity contribution in [2.75, 3.05) is 7.11 Å². The third-order valence-electron chi connectivity index (χ3n) is 4.91. The van der Waals surface area contributed by atoms with Crippen LogP contribution >= 0.6 is 0 Å². The van der Waals surface area contributed by atoms with Gasteiger partial charge in [-0.05, 0) is 53.1 Å². The van der Waals surface area contributed by atoms with Crippen molar-refractivity contribution in [3.8, 4) is 28.1 Å². The van der Waals surface area contributed by atoms with Gasteiger partial charge in [-0.2, -0.15) is 5.10 Å². The lowest BCUT2D eigenvalue weighted by Crippen LogP contribution is -2.22. The van der Waals surface area contributed by atoms with Crippen LogP contribution in [-0.2, 0) is 13.6 Å². The molecule has 0 spiro atoms. The number of ether oxygens (including phenoxy) is 1. The molecule has 0 atom stereocenters. The van der Waals surface area contributed by atoms with Crippen LogP contribution in [-0.4, -0.2) is 27.8 Å². The van der Waals surface area contributed by atoms with Gasteiger partial charge >= 0.3 is 0 Å². The highest BCUT2D eigenvalue weighted by Gasteiger charge is 2.08. The summed E-state index contributed by atoms with van der Waals surface area (Å²) in [6.45, 7) is 0.398. The predicted molar refractivity (Wildman–Crippen MR) is 116 cm³/mol. The molecule has 2 heterocycles. The zero-order valence-electron chi connectivity index (χ0n) is 16.9. The fourth-order valence-electron chi connectivity index (χ4n) is 3.28. The van der Waals surface area contributed by atoms with Crippen LogP contribution in [0.5, 0.6) is 5.75 Å². The summed E-state index contributed by atoms with van der Waals surface area (Å²) in [5.74, 6) is 0.675. The second kappa shape index (κ2) is 8.61. The topological polar surface area (TPSA) is 69.0 Å². The zero-order chi connectivity index (χ0) is 20.9. The van der Waals surface area contributed by atoms with Gasteiger partial charge in [0, 0.05) is 43.3 Å². The van der Waals surface area contributed by atoms with Crippen molar-refractivity contribution >= 4 is 5.91 Å². The summed E-state index contributed by atoms with van der Waals surface area (Å²) < 4.78 is 7.07. The second-order valence-electron chi connectivity index (χ2n) is 6.91. The summed E-state index contributed by atoms with van der Waals surface area (Å²) in [6, 6.07) is 19.3. The molecule has 0 aliphatic carbocycles. The number of hydrogen-bond acceptors (Lipinski definition) is 4. The minimum absolute atomic E-state index is 0.127. The number of methoxy groups -OCH3 is 1. The molecule has 4 rings (SSSR count). The third-order valence-corrected chi connectivity index (χ3v) is 4.91. The van der Waals surface area contributed by atoms with Gasteiger partial charge in [-0.3, -0.25) is 14.5 Å². The Labute approximate surface area is 175 Å². The van der Waals surface area contributed by atoms with E-state index in [9.17, 15) is 4.79 Å². The average Bonchev–Trinajstić information content (AvgIpc) is 3.23. The number of aryl methyl sites for hydroxylation is 1. The number of hydrogen-bond donors (Lipinski definition) is 1. The zero-order valence-corrected chi connectivity index (χ0v) is 16.9. The summed E-state index contributed by atoms with van der Waals surface area (Å²) in [5.41, 5.74) is 5.54. The van der Waals surface area contributed by atoms with Crippen molar-refractivity contribution in [1.82, 2.24) is 20.1 Å². The highest BCUT2D eigenvalue weighted by atomic mass is 16.5. The lowest BCUT2D eigenvalue weighted by atomic mass is 10.0. The van der Waals surface area contributed by atoms with Crippen LogP contribution in [0.4, 0.5) is 0 Å². The fourth-order valence-corrected chi connectivity index (χ4v) is 3.28. The van der Waals surface area contributed by atoms with E-state index in [4.69, 9.17) is 4.74 Å². The van der Waals surface area contributed by atoms with Crippen LogP contribution in [0.15, 0.2) is 79.3 Å². The molecule has 150 valence electrons. The molecule has 1 amide bonds. The van der Waals surface area contributed by atoms with Crippen LogP contribution in [0.1, 0.15) is 15.9 Å². The van der Waals surface area contributed by atoms with Gasteiger partial charge in [0.25, 0.3) is 5.91 Å². The van der Waals surface area contributed by atoms with Gasteiger partial charge in [0.2, 0.25) is 0 Å². The highest BCUT2D eigenvalue weighted by molar-refractivity contribution is 5.94. The maximum absolute atomic E-state index is 12.6. The smallest absolute Gasteiger partial charge is 0.251 e. The number of carbonyl (C=O) groups excluding carboxylic acids is 1. The SMILES string of the molecule is COc1cccc(-c2ccc(C(=O)NCc3cncc(-c4ccnn4C)c3)cc2)c1. The van der Waals surface area contributed by atoms with Crippen LogP contribution < -0.4 is 10.1 Å². The summed E-state index contributed by atoms with van der Waals surface area (Å²) in [6.07, 6.45) is 5.30. The summed E-state index contributed by atoms with van der Waals surface area (Å²) in [5, 5.41) is 7.15. The molecule has 4 aromatic rings. The van der Waals surface area contributed by atoms with Crippen molar-refractivity contribution in [1.29, 1.82) is 0 Å². The van der Waals surface area contributed by atoms with E-state index >= 15 is 0 Å². The third kappa shape index (κ3) is 4.22. The van der Waals surface area contributed by atoms with Gasteiger partial charge in [-0.1, -0.05) is 24.3 Å². The molecule has 0 unspecified atom stereocenters. The fraction of sp³-hybridized carbons (Fsp3) is 0.125. The Balaban J connectivity index is 1.43. The number of nitrogens with one attached hydrogen (secondary N) is 1. The first-order chi connectivity index (χ1) is 14.6. The molecule has 0 saturated heterocycles. The molecule has 0 fully saturated rings. The standard InChI is InChI=1S/C24H22N4O2/c1-28-23(10-11-27-28)21-12-17(14-25-16-21)15-26-24(29)19-8-6-18(7-9-19)20-4-3-5-22(13-20)30-2/h3-14,16H,15H2,1-2H3,(H,26,29). The number of amides is 1. The van der Waals surface area contributed by atoms with E-state index in [1.54, 1.807) is 30.4 Å². The maximum Gasteiger partial charge on any atom is 0.251 e. The number of carbonyl (C=O) groups is 1. The molecule has 0 aliphatic rings.